The van der Waals surface area contributed by atoms with Crippen LogP contribution in [0, 0.1) is 6.92 Å². The Morgan fingerprint density at radius 3 is 3.05 bits per heavy atom. The second-order valence-electron chi connectivity index (χ2n) is 4.48. The van der Waals surface area contributed by atoms with Gasteiger partial charge in [0.25, 0.3) is 5.91 Å². The van der Waals surface area contributed by atoms with Crippen LogP contribution < -0.4 is 14.8 Å². The minimum atomic E-state index is -0.189. The first-order valence-corrected chi connectivity index (χ1v) is 7.15. The number of amides is 1. The minimum absolute atomic E-state index is 0.189. The monoisotopic (exact) mass is 306 g/mol. The van der Waals surface area contributed by atoms with Crippen molar-refractivity contribution in [3.05, 3.63) is 33.8 Å². The summed E-state index contributed by atoms with van der Waals surface area (Å²) >= 11 is 1.33. The van der Waals surface area contributed by atoms with Crippen LogP contribution in [0.25, 0.3) is 0 Å². The summed E-state index contributed by atoms with van der Waals surface area (Å²) < 4.78 is 15.6. The second kappa shape index (κ2) is 5.71. The molecule has 1 amide bonds. The molecular formula is C14H14N2O4S. The lowest BCUT2D eigenvalue weighted by Crippen LogP contribution is -2.11. The molecule has 0 aliphatic carbocycles. The molecule has 110 valence electrons. The van der Waals surface area contributed by atoms with Gasteiger partial charge in [-0.25, -0.2) is 4.98 Å². The van der Waals surface area contributed by atoms with Crippen molar-refractivity contribution in [1.29, 1.82) is 0 Å². The Morgan fingerprint density at radius 2 is 2.24 bits per heavy atom. The van der Waals surface area contributed by atoms with E-state index in [1.807, 2.05) is 6.92 Å². The summed E-state index contributed by atoms with van der Waals surface area (Å²) in [6.45, 7) is 2.42. The standard InChI is InChI=1S/C14H14N2O4S/c1-8-13(21-12(15-8)6-18-2)14(17)16-9-3-4-10-11(5-9)20-7-19-10/h3-5H,6-7H2,1-2H3,(H,16,17). The zero-order valence-corrected chi connectivity index (χ0v) is 12.5. The van der Waals surface area contributed by atoms with Crippen LogP contribution in [0.3, 0.4) is 0 Å². The highest BCUT2D eigenvalue weighted by Gasteiger charge is 2.18. The lowest BCUT2D eigenvalue weighted by Gasteiger charge is -2.05. The summed E-state index contributed by atoms with van der Waals surface area (Å²) in [5.41, 5.74) is 1.36. The fourth-order valence-electron chi connectivity index (χ4n) is 2.01. The van der Waals surface area contributed by atoms with Crippen LogP contribution in [-0.2, 0) is 11.3 Å². The smallest absolute Gasteiger partial charge is 0.267 e. The highest BCUT2D eigenvalue weighted by Crippen LogP contribution is 2.34. The van der Waals surface area contributed by atoms with Gasteiger partial charge >= 0.3 is 0 Å². The zero-order valence-electron chi connectivity index (χ0n) is 11.6. The van der Waals surface area contributed by atoms with Gasteiger partial charge in [-0.15, -0.1) is 11.3 Å². The fourth-order valence-corrected chi connectivity index (χ4v) is 2.94. The predicted octanol–water partition coefficient (Wildman–Crippen LogP) is 2.58. The van der Waals surface area contributed by atoms with E-state index < -0.39 is 0 Å². The first-order valence-electron chi connectivity index (χ1n) is 6.33. The number of hydrogen-bond acceptors (Lipinski definition) is 6. The van der Waals surface area contributed by atoms with Crippen molar-refractivity contribution in [2.45, 2.75) is 13.5 Å². The molecule has 7 heteroatoms. The van der Waals surface area contributed by atoms with Crippen LogP contribution in [0.1, 0.15) is 20.4 Å². The van der Waals surface area contributed by atoms with Gasteiger partial charge < -0.3 is 19.5 Å². The lowest BCUT2D eigenvalue weighted by atomic mass is 10.2. The van der Waals surface area contributed by atoms with Crippen molar-refractivity contribution in [2.75, 3.05) is 19.2 Å². The molecule has 21 heavy (non-hydrogen) atoms. The maximum absolute atomic E-state index is 12.3. The average Bonchev–Trinajstić information content (AvgIpc) is 3.05. The number of anilines is 1. The molecule has 0 atom stereocenters. The Morgan fingerprint density at radius 1 is 1.43 bits per heavy atom. The lowest BCUT2D eigenvalue weighted by molar-refractivity contribution is 0.103. The number of methoxy groups -OCH3 is 1. The third-order valence-electron chi connectivity index (χ3n) is 2.95. The maximum Gasteiger partial charge on any atom is 0.267 e. The van der Waals surface area contributed by atoms with Crippen molar-refractivity contribution >= 4 is 22.9 Å². The van der Waals surface area contributed by atoms with Crippen LogP contribution in [0.2, 0.25) is 0 Å². The first kappa shape index (κ1) is 13.8. The molecule has 0 spiro atoms. The number of aryl methyl sites for hydroxylation is 1. The Balaban J connectivity index is 1.77. The van der Waals surface area contributed by atoms with E-state index in [4.69, 9.17) is 14.2 Å². The molecule has 3 rings (SSSR count). The SMILES string of the molecule is COCc1nc(C)c(C(=O)Nc2ccc3c(c2)OCO3)s1. The molecule has 1 N–H and O–H groups in total. The number of rotatable bonds is 4. The number of fused-ring (bicyclic) bond motifs is 1. The van der Waals surface area contributed by atoms with E-state index in [2.05, 4.69) is 10.3 Å². The molecule has 6 nitrogen and oxygen atoms in total. The second-order valence-corrected chi connectivity index (χ2v) is 5.56. The van der Waals surface area contributed by atoms with Gasteiger partial charge in [-0.1, -0.05) is 0 Å². The highest BCUT2D eigenvalue weighted by atomic mass is 32.1. The molecule has 2 heterocycles. The Hall–Kier alpha value is -2.12. The Labute approximate surface area is 125 Å². The number of carbonyl (C=O) groups excluding carboxylic acids is 1. The third-order valence-corrected chi connectivity index (χ3v) is 4.08. The molecule has 2 aromatic rings. The number of ether oxygens (including phenoxy) is 3. The van der Waals surface area contributed by atoms with Crippen LogP contribution in [0.15, 0.2) is 18.2 Å². The molecule has 0 radical (unpaired) electrons. The minimum Gasteiger partial charge on any atom is -0.454 e. The maximum atomic E-state index is 12.3. The Bertz CT molecular complexity index is 684. The van der Waals surface area contributed by atoms with Gasteiger partial charge in [0.15, 0.2) is 11.5 Å². The van der Waals surface area contributed by atoms with Crippen molar-refractivity contribution < 1.29 is 19.0 Å². The number of hydrogen-bond donors (Lipinski definition) is 1. The van der Waals surface area contributed by atoms with E-state index >= 15 is 0 Å². The summed E-state index contributed by atoms with van der Waals surface area (Å²) in [7, 11) is 1.60. The van der Waals surface area contributed by atoms with E-state index in [1.54, 1.807) is 25.3 Å². The van der Waals surface area contributed by atoms with Gasteiger partial charge in [0, 0.05) is 18.9 Å². The van der Waals surface area contributed by atoms with E-state index in [0.29, 0.717) is 34.4 Å². The normalized spacial score (nSPS) is 12.5. The van der Waals surface area contributed by atoms with Crippen molar-refractivity contribution in [3.63, 3.8) is 0 Å². The third kappa shape index (κ3) is 2.84. The number of thiazole rings is 1. The van der Waals surface area contributed by atoms with E-state index in [-0.39, 0.29) is 12.7 Å². The summed E-state index contributed by atoms with van der Waals surface area (Å²) in [6, 6.07) is 5.29. The molecule has 0 saturated carbocycles. The van der Waals surface area contributed by atoms with Crippen molar-refractivity contribution in [3.8, 4) is 11.5 Å². The van der Waals surface area contributed by atoms with E-state index in [1.165, 1.54) is 11.3 Å². The van der Waals surface area contributed by atoms with Crippen LogP contribution in [0.5, 0.6) is 11.5 Å². The Kier molecular flexibility index (Phi) is 3.76. The van der Waals surface area contributed by atoms with E-state index in [9.17, 15) is 4.79 Å². The molecule has 0 bridgehead atoms. The molecule has 0 saturated heterocycles. The van der Waals surface area contributed by atoms with Gasteiger partial charge in [0.1, 0.15) is 9.88 Å². The first-order chi connectivity index (χ1) is 10.2. The van der Waals surface area contributed by atoms with Crippen LogP contribution in [-0.4, -0.2) is 24.8 Å². The number of benzene rings is 1. The number of nitrogens with one attached hydrogen (secondary N) is 1. The van der Waals surface area contributed by atoms with E-state index in [0.717, 1.165) is 5.01 Å². The van der Waals surface area contributed by atoms with Crippen molar-refractivity contribution in [2.24, 2.45) is 0 Å². The van der Waals surface area contributed by atoms with Crippen LogP contribution >= 0.6 is 11.3 Å². The molecule has 0 unspecified atom stereocenters. The summed E-state index contributed by atoms with van der Waals surface area (Å²) in [5, 5.41) is 3.62. The molecule has 0 fully saturated rings. The number of carbonyl (C=O) groups is 1. The molecule has 1 aromatic carbocycles. The van der Waals surface area contributed by atoms with Gasteiger partial charge in [-0.05, 0) is 19.1 Å². The molecule has 1 aliphatic rings. The number of nitrogens with zero attached hydrogens (tertiary/aromatic N) is 1. The van der Waals surface area contributed by atoms with Crippen molar-refractivity contribution in [1.82, 2.24) is 4.98 Å². The van der Waals surface area contributed by atoms with Gasteiger partial charge in [0.2, 0.25) is 6.79 Å². The molecular weight excluding hydrogens is 292 g/mol. The molecule has 1 aromatic heterocycles. The summed E-state index contributed by atoms with van der Waals surface area (Å²) in [5.74, 6) is 1.13. The van der Waals surface area contributed by atoms with Crippen LogP contribution in [0.4, 0.5) is 5.69 Å². The topological polar surface area (TPSA) is 69.7 Å². The van der Waals surface area contributed by atoms with Gasteiger partial charge in [0.05, 0.1) is 12.3 Å². The fraction of sp³-hybridized carbons (Fsp3) is 0.286. The summed E-state index contributed by atoms with van der Waals surface area (Å²) in [6.07, 6.45) is 0. The van der Waals surface area contributed by atoms with Gasteiger partial charge in [-0.2, -0.15) is 0 Å². The van der Waals surface area contributed by atoms with Gasteiger partial charge in [-0.3, -0.25) is 4.79 Å². The molecule has 1 aliphatic heterocycles. The zero-order chi connectivity index (χ0) is 14.8. The predicted molar refractivity (Wildman–Crippen MR) is 78.1 cm³/mol. The quantitative estimate of drug-likeness (QED) is 0.940. The average molecular weight is 306 g/mol. The largest absolute Gasteiger partial charge is 0.454 e. The highest BCUT2D eigenvalue weighted by molar-refractivity contribution is 7.13. The summed E-state index contributed by atoms with van der Waals surface area (Å²) in [4.78, 5) is 17.2. The number of aromatic nitrogens is 1.